The lowest BCUT2D eigenvalue weighted by atomic mass is 10.1. The van der Waals surface area contributed by atoms with Gasteiger partial charge in [-0.1, -0.05) is 6.07 Å². The maximum atomic E-state index is 11.3. The van der Waals surface area contributed by atoms with E-state index in [-0.39, 0.29) is 11.9 Å². The average Bonchev–Trinajstić information content (AvgIpc) is 2.44. The smallest absolute Gasteiger partial charge is 0.221 e. The Morgan fingerprint density at radius 3 is 3.14 bits per heavy atom. The number of rotatable bonds is 1. The molecule has 1 amide bonds. The van der Waals surface area contributed by atoms with E-state index in [1.54, 1.807) is 12.4 Å². The van der Waals surface area contributed by atoms with E-state index in [1.807, 2.05) is 12.1 Å². The van der Waals surface area contributed by atoms with E-state index < -0.39 is 0 Å². The van der Waals surface area contributed by atoms with Crippen LogP contribution in [0, 0.1) is 0 Å². The summed E-state index contributed by atoms with van der Waals surface area (Å²) in [5, 5.41) is 6.13. The van der Waals surface area contributed by atoms with Gasteiger partial charge in [-0.2, -0.15) is 0 Å². The van der Waals surface area contributed by atoms with Gasteiger partial charge in [0.1, 0.15) is 0 Å². The highest BCUT2D eigenvalue weighted by atomic mass is 16.1. The number of carbonyl (C=O) groups is 1. The third-order valence-electron chi connectivity index (χ3n) is 2.31. The Morgan fingerprint density at radius 1 is 1.43 bits per heavy atom. The third-order valence-corrected chi connectivity index (χ3v) is 2.31. The van der Waals surface area contributed by atoms with Crippen molar-refractivity contribution in [2.24, 2.45) is 0 Å². The molecule has 2 rings (SSSR count). The Hall–Kier alpha value is -1.42. The van der Waals surface area contributed by atoms with Gasteiger partial charge in [-0.25, -0.2) is 0 Å². The summed E-state index contributed by atoms with van der Waals surface area (Å²) in [4.78, 5) is 15.3. The topological polar surface area (TPSA) is 54.0 Å². The van der Waals surface area contributed by atoms with Crippen molar-refractivity contribution in [3.63, 3.8) is 0 Å². The van der Waals surface area contributed by atoms with Crippen LogP contribution in [0.1, 0.15) is 18.0 Å². The van der Waals surface area contributed by atoms with E-state index in [4.69, 9.17) is 0 Å². The van der Waals surface area contributed by atoms with Crippen LogP contribution in [0.15, 0.2) is 24.5 Å². The van der Waals surface area contributed by atoms with Crippen LogP contribution in [0.3, 0.4) is 0 Å². The minimum atomic E-state index is 0.101. The molecule has 2 N–H and O–H groups in total. The highest BCUT2D eigenvalue weighted by Gasteiger charge is 2.17. The van der Waals surface area contributed by atoms with Crippen LogP contribution >= 0.6 is 0 Å². The second kappa shape index (κ2) is 4.19. The van der Waals surface area contributed by atoms with E-state index >= 15 is 0 Å². The Kier molecular flexibility index (Phi) is 2.74. The second-order valence-electron chi connectivity index (χ2n) is 3.35. The molecule has 0 aromatic carbocycles. The van der Waals surface area contributed by atoms with E-state index in [9.17, 15) is 4.79 Å². The Balaban J connectivity index is 2.13. The quantitative estimate of drug-likeness (QED) is 0.668. The number of nitrogens with zero attached hydrogens (tertiary/aromatic N) is 1. The first-order valence-corrected chi connectivity index (χ1v) is 4.76. The van der Waals surface area contributed by atoms with Gasteiger partial charge in [-0.05, 0) is 11.6 Å². The molecule has 1 atom stereocenters. The minimum absolute atomic E-state index is 0.101. The van der Waals surface area contributed by atoms with E-state index in [0.717, 1.165) is 12.1 Å². The molecule has 1 unspecified atom stereocenters. The Bertz CT molecular complexity index is 312. The van der Waals surface area contributed by atoms with Gasteiger partial charge in [-0.15, -0.1) is 0 Å². The van der Waals surface area contributed by atoms with Gasteiger partial charge >= 0.3 is 0 Å². The molecular formula is C10H13N3O. The van der Waals surface area contributed by atoms with Crippen LogP contribution in [-0.2, 0) is 4.79 Å². The van der Waals surface area contributed by atoms with Gasteiger partial charge in [0.15, 0.2) is 0 Å². The van der Waals surface area contributed by atoms with Crippen molar-refractivity contribution >= 4 is 5.91 Å². The molecule has 14 heavy (non-hydrogen) atoms. The third kappa shape index (κ3) is 2.09. The zero-order valence-corrected chi connectivity index (χ0v) is 7.86. The highest BCUT2D eigenvalue weighted by Crippen LogP contribution is 2.15. The zero-order chi connectivity index (χ0) is 9.80. The second-order valence-corrected chi connectivity index (χ2v) is 3.35. The van der Waals surface area contributed by atoms with Crippen molar-refractivity contribution in [3.8, 4) is 0 Å². The first-order chi connectivity index (χ1) is 6.86. The van der Waals surface area contributed by atoms with Crippen LogP contribution in [0.2, 0.25) is 0 Å². The molecule has 1 aromatic heterocycles. The summed E-state index contributed by atoms with van der Waals surface area (Å²) < 4.78 is 0. The standard InChI is InChI=1S/C10H13N3O/c14-10-6-9(12-4-5-13-10)8-2-1-3-11-7-8/h1-3,7,9,12H,4-6H2,(H,13,14). The van der Waals surface area contributed by atoms with Crippen molar-refractivity contribution in [3.05, 3.63) is 30.1 Å². The lowest BCUT2D eigenvalue weighted by Crippen LogP contribution is -2.24. The molecule has 1 aliphatic rings. The predicted octanol–water partition coefficient (Wildman–Crippen LogP) is 0.232. The summed E-state index contributed by atoms with van der Waals surface area (Å²) in [5.41, 5.74) is 1.07. The Labute approximate surface area is 82.7 Å². The van der Waals surface area contributed by atoms with Gasteiger partial charge in [-0.3, -0.25) is 9.78 Å². The molecule has 1 fully saturated rings. The molecule has 0 bridgehead atoms. The van der Waals surface area contributed by atoms with Gasteiger partial charge < -0.3 is 10.6 Å². The summed E-state index contributed by atoms with van der Waals surface area (Å²) in [6.45, 7) is 1.51. The molecule has 0 spiro atoms. The van der Waals surface area contributed by atoms with Gasteiger partial charge in [0.25, 0.3) is 0 Å². The summed E-state index contributed by atoms with van der Waals surface area (Å²) in [6, 6.07) is 3.98. The fourth-order valence-electron chi connectivity index (χ4n) is 1.60. The van der Waals surface area contributed by atoms with Crippen molar-refractivity contribution in [1.29, 1.82) is 0 Å². The van der Waals surface area contributed by atoms with Crippen molar-refractivity contribution < 1.29 is 4.79 Å². The number of carbonyl (C=O) groups excluding carboxylic acids is 1. The molecule has 0 radical (unpaired) electrons. The SMILES string of the molecule is O=C1CC(c2cccnc2)NCCN1. The fourth-order valence-corrected chi connectivity index (χ4v) is 1.60. The maximum Gasteiger partial charge on any atom is 0.221 e. The lowest BCUT2D eigenvalue weighted by molar-refractivity contribution is -0.121. The summed E-state index contributed by atoms with van der Waals surface area (Å²) in [5.74, 6) is 0.101. The van der Waals surface area contributed by atoms with E-state index in [1.165, 1.54) is 0 Å². The molecule has 74 valence electrons. The maximum absolute atomic E-state index is 11.3. The average molecular weight is 191 g/mol. The highest BCUT2D eigenvalue weighted by molar-refractivity contribution is 5.77. The Morgan fingerprint density at radius 2 is 2.36 bits per heavy atom. The molecular weight excluding hydrogens is 178 g/mol. The number of amides is 1. The van der Waals surface area contributed by atoms with Gasteiger partial charge in [0.05, 0.1) is 0 Å². The number of hydrogen-bond acceptors (Lipinski definition) is 3. The summed E-state index contributed by atoms with van der Waals surface area (Å²) in [6.07, 6.45) is 4.03. The van der Waals surface area contributed by atoms with Crippen LogP contribution in [0.5, 0.6) is 0 Å². The largest absolute Gasteiger partial charge is 0.355 e. The van der Waals surface area contributed by atoms with Crippen molar-refractivity contribution in [2.45, 2.75) is 12.5 Å². The molecule has 0 aliphatic carbocycles. The zero-order valence-electron chi connectivity index (χ0n) is 7.86. The van der Waals surface area contributed by atoms with Crippen molar-refractivity contribution in [2.75, 3.05) is 13.1 Å². The number of hydrogen-bond donors (Lipinski definition) is 2. The molecule has 1 saturated heterocycles. The van der Waals surface area contributed by atoms with E-state index in [0.29, 0.717) is 13.0 Å². The van der Waals surface area contributed by atoms with Crippen LogP contribution < -0.4 is 10.6 Å². The van der Waals surface area contributed by atoms with Crippen molar-refractivity contribution in [1.82, 2.24) is 15.6 Å². The summed E-state index contributed by atoms with van der Waals surface area (Å²) in [7, 11) is 0. The molecule has 1 aromatic rings. The predicted molar refractivity (Wildman–Crippen MR) is 52.6 cm³/mol. The summed E-state index contributed by atoms with van der Waals surface area (Å²) >= 11 is 0. The molecule has 2 heterocycles. The lowest BCUT2D eigenvalue weighted by Gasteiger charge is -2.13. The van der Waals surface area contributed by atoms with Crippen LogP contribution in [-0.4, -0.2) is 24.0 Å². The van der Waals surface area contributed by atoms with E-state index in [2.05, 4.69) is 15.6 Å². The number of nitrogens with one attached hydrogen (secondary N) is 2. The minimum Gasteiger partial charge on any atom is -0.355 e. The first-order valence-electron chi connectivity index (χ1n) is 4.76. The van der Waals surface area contributed by atoms with Gasteiger partial charge in [0.2, 0.25) is 5.91 Å². The normalized spacial score (nSPS) is 22.6. The first kappa shape index (κ1) is 9.15. The number of aromatic nitrogens is 1. The molecule has 4 heteroatoms. The fraction of sp³-hybridized carbons (Fsp3) is 0.400. The van der Waals surface area contributed by atoms with Gasteiger partial charge in [0, 0.05) is 37.9 Å². The number of pyridine rings is 1. The monoisotopic (exact) mass is 191 g/mol. The molecule has 4 nitrogen and oxygen atoms in total. The van der Waals surface area contributed by atoms with Crippen LogP contribution in [0.4, 0.5) is 0 Å². The molecule has 0 saturated carbocycles. The van der Waals surface area contributed by atoms with Crippen LogP contribution in [0.25, 0.3) is 0 Å². The molecule has 1 aliphatic heterocycles.